The molecule has 0 aliphatic heterocycles. The molecular formula is C14H17N3O2. The van der Waals surface area contributed by atoms with E-state index < -0.39 is 5.91 Å². The number of hydrazone groups is 1. The first-order chi connectivity index (χ1) is 9.26. The molecule has 0 aliphatic rings. The molecule has 0 unspecified atom stereocenters. The van der Waals surface area contributed by atoms with Crippen LogP contribution in [0.1, 0.15) is 31.7 Å². The van der Waals surface area contributed by atoms with Gasteiger partial charge in [-0.2, -0.15) is 10.4 Å². The van der Waals surface area contributed by atoms with Gasteiger partial charge in [0, 0.05) is 0 Å². The molecule has 0 radical (unpaired) electrons. The molecule has 0 aromatic heterocycles. The van der Waals surface area contributed by atoms with E-state index in [1.54, 1.807) is 6.07 Å². The van der Waals surface area contributed by atoms with Gasteiger partial charge in [-0.25, -0.2) is 5.43 Å². The van der Waals surface area contributed by atoms with Crippen LogP contribution in [-0.2, 0) is 4.79 Å². The molecule has 1 aromatic rings. The first-order valence-corrected chi connectivity index (χ1v) is 6.18. The van der Waals surface area contributed by atoms with Gasteiger partial charge in [0.25, 0.3) is 5.91 Å². The molecule has 0 spiro atoms. The monoisotopic (exact) mass is 259 g/mol. The van der Waals surface area contributed by atoms with Crippen molar-refractivity contribution in [2.45, 2.75) is 26.2 Å². The van der Waals surface area contributed by atoms with Gasteiger partial charge in [-0.3, -0.25) is 4.79 Å². The third-order valence-corrected chi connectivity index (χ3v) is 2.27. The number of nitrogens with one attached hydrogen (secondary N) is 1. The predicted molar refractivity (Wildman–Crippen MR) is 72.8 cm³/mol. The Morgan fingerprint density at radius 2 is 2.42 bits per heavy atom. The average molecular weight is 259 g/mol. The SMILES string of the molecule is CCCCOc1cccc(C=NNC(=O)CC#N)c1. The van der Waals surface area contributed by atoms with Crippen molar-refractivity contribution in [1.29, 1.82) is 5.26 Å². The van der Waals surface area contributed by atoms with Crippen molar-refractivity contribution in [3.8, 4) is 11.8 Å². The normalized spacial score (nSPS) is 10.1. The quantitative estimate of drug-likeness (QED) is 0.463. The summed E-state index contributed by atoms with van der Waals surface area (Å²) in [6.45, 7) is 2.80. The Kier molecular flexibility index (Phi) is 6.73. The summed E-state index contributed by atoms with van der Waals surface area (Å²) in [5, 5.41) is 12.1. The number of nitriles is 1. The van der Waals surface area contributed by atoms with Crippen LogP contribution >= 0.6 is 0 Å². The van der Waals surface area contributed by atoms with Crippen LogP contribution in [0.25, 0.3) is 0 Å². The van der Waals surface area contributed by atoms with Gasteiger partial charge in [0.1, 0.15) is 12.2 Å². The zero-order valence-electron chi connectivity index (χ0n) is 10.9. The summed E-state index contributed by atoms with van der Waals surface area (Å²) < 4.78 is 5.56. The average Bonchev–Trinajstić information content (AvgIpc) is 2.40. The third kappa shape index (κ3) is 6.22. The molecule has 0 atom stereocenters. The fraction of sp³-hybridized carbons (Fsp3) is 0.357. The zero-order chi connectivity index (χ0) is 13.9. The summed E-state index contributed by atoms with van der Waals surface area (Å²) in [6.07, 6.45) is 3.42. The largest absolute Gasteiger partial charge is 0.494 e. The number of hydrogen-bond acceptors (Lipinski definition) is 4. The fourth-order valence-electron chi connectivity index (χ4n) is 1.31. The highest BCUT2D eigenvalue weighted by Crippen LogP contribution is 2.12. The van der Waals surface area contributed by atoms with E-state index in [1.165, 1.54) is 6.21 Å². The van der Waals surface area contributed by atoms with E-state index >= 15 is 0 Å². The second-order valence-electron chi connectivity index (χ2n) is 3.90. The lowest BCUT2D eigenvalue weighted by atomic mass is 10.2. The van der Waals surface area contributed by atoms with E-state index in [-0.39, 0.29) is 6.42 Å². The molecule has 0 bridgehead atoms. The van der Waals surface area contributed by atoms with E-state index in [1.807, 2.05) is 24.3 Å². The van der Waals surface area contributed by atoms with Crippen molar-refractivity contribution in [3.63, 3.8) is 0 Å². The van der Waals surface area contributed by atoms with Crippen LogP contribution in [0.5, 0.6) is 5.75 Å². The lowest BCUT2D eigenvalue weighted by Gasteiger charge is -2.05. The number of carbonyl (C=O) groups is 1. The van der Waals surface area contributed by atoms with Crippen molar-refractivity contribution >= 4 is 12.1 Å². The number of hydrogen-bond donors (Lipinski definition) is 1. The Morgan fingerprint density at radius 1 is 1.58 bits per heavy atom. The van der Waals surface area contributed by atoms with Crippen LogP contribution in [0.15, 0.2) is 29.4 Å². The van der Waals surface area contributed by atoms with Crippen LogP contribution in [0.4, 0.5) is 0 Å². The minimum Gasteiger partial charge on any atom is -0.494 e. The Balaban J connectivity index is 2.50. The molecular weight excluding hydrogens is 242 g/mol. The molecule has 100 valence electrons. The van der Waals surface area contributed by atoms with E-state index in [2.05, 4.69) is 17.5 Å². The molecule has 1 N–H and O–H groups in total. The van der Waals surface area contributed by atoms with E-state index in [0.29, 0.717) is 6.61 Å². The van der Waals surface area contributed by atoms with E-state index in [4.69, 9.17) is 10.00 Å². The van der Waals surface area contributed by atoms with Crippen molar-refractivity contribution in [1.82, 2.24) is 5.43 Å². The molecule has 19 heavy (non-hydrogen) atoms. The lowest BCUT2D eigenvalue weighted by Crippen LogP contribution is -2.16. The smallest absolute Gasteiger partial charge is 0.254 e. The molecule has 5 heteroatoms. The molecule has 1 rings (SSSR count). The van der Waals surface area contributed by atoms with Gasteiger partial charge in [0.2, 0.25) is 0 Å². The van der Waals surface area contributed by atoms with Crippen molar-refractivity contribution in [2.75, 3.05) is 6.61 Å². The Hall–Kier alpha value is -2.35. The van der Waals surface area contributed by atoms with Gasteiger partial charge in [-0.15, -0.1) is 0 Å². The maximum atomic E-state index is 11.0. The van der Waals surface area contributed by atoms with Gasteiger partial charge < -0.3 is 4.74 Å². The molecule has 0 aliphatic carbocycles. The van der Waals surface area contributed by atoms with Crippen molar-refractivity contribution in [3.05, 3.63) is 29.8 Å². The van der Waals surface area contributed by atoms with E-state index in [9.17, 15) is 4.79 Å². The van der Waals surface area contributed by atoms with Gasteiger partial charge in [0.05, 0.1) is 18.9 Å². The number of nitrogens with zero attached hydrogens (tertiary/aromatic N) is 2. The summed E-state index contributed by atoms with van der Waals surface area (Å²) in [6, 6.07) is 9.18. The van der Waals surface area contributed by atoms with Crippen LogP contribution in [0.3, 0.4) is 0 Å². The maximum Gasteiger partial charge on any atom is 0.254 e. The summed E-state index contributed by atoms with van der Waals surface area (Å²) >= 11 is 0. The molecule has 0 saturated heterocycles. The van der Waals surface area contributed by atoms with Gasteiger partial charge in [0.15, 0.2) is 0 Å². The van der Waals surface area contributed by atoms with Crippen molar-refractivity contribution < 1.29 is 9.53 Å². The minimum atomic E-state index is -0.422. The Morgan fingerprint density at radius 3 is 3.16 bits per heavy atom. The highest BCUT2D eigenvalue weighted by Gasteiger charge is 1.97. The predicted octanol–water partition coefficient (Wildman–Crippen LogP) is 2.23. The second-order valence-corrected chi connectivity index (χ2v) is 3.90. The van der Waals surface area contributed by atoms with Crippen molar-refractivity contribution in [2.24, 2.45) is 5.10 Å². The number of rotatable bonds is 7. The van der Waals surface area contributed by atoms with E-state index in [0.717, 1.165) is 24.2 Å². The number of carbonyl (C=O) groups excluding carboxylic acids is 1. The molecule has 1 amide bonds. The Bertz CT molecular complexity index is 478. The molecule has 1 aromatic carbocycles. The number of ether oxygens (including phenoxy) is 1. The molecule has 5 nitrogen and oxygen atoms in total. The zero-order valence-corrected chi connectivity index (χ0v) is 10.9. The van der Waals surface area contributed by atoms with Gasteiger partial charge >= 0.3 is 0 Å². The highest BCUT2D eigenvalue weighted by atomic mass is 16.5. The van der Waals surface area contributed by atoms with Crippen LogP contribution < -0.4 is 10.2 Å². The summed E-state index contributed by atoms with van der Waals surface area (Å²) in [7, 11) is 0. The third-order valence-electron chi connectivity index (χ3n) is 2.27. The number of unbranched alkanes of at least 4 members (excludes halogenated alkanes) is 1. The van der Waals surface area contributed by atoms with Crippen LogP contribution in [-0.4, -0.2) is 18.7 Å². The molecule has 0 heterocycles. The number of amides is 1. The number of benzene rings is 1. The topological polar surface area (TPSA) is 74.5 Å². The second kappa shape index (κ2) is 8.70. The molecule has 0 saturated carbocycles. The van der Waals surface area contributed by atoms with Crippen LogP contribution in [0, 0.1) is 11.3 Å². The minimum absolute atomic E-state index is 0.197. The van der Waals surface area contributed by atoms with Gasteiger partial charge in [-0.05, 0) is 24.1 Å². The summed E-state index contributed by atoms with van der Waals surface area (Å²) in [5.74, 6) is 0.356. The first kappa shape index (κ1) is 14.7. The highest BCUT2D eigenvalue weighted by molar-refractivity contribution is 5.83. The lowest BCUT2D eigenvalue weighted by molar-refractivity contribution is -0.120. The summed E-state index contributed by atoms with van der Waals surface area (Å²) in [5.41, 5.74) is 3.10. The van der Waals surface area contributed by atoms with Gasteiger partial charge in [-0.1, -0.05) is 25.5 Å². The van der Waals surface area contributed by atoms with Crippen LogP contribution in [0.2, 0.25) is 0 Å². The maximum absolute atomic E-state index is 11.0. The Labute approximate surface area is 112 Å². The first-order valence-electron chi connectivity index (χ1n) is 6.18. The summed E-state index contributed by atoms with van der Waals surface area (Å²) in [4.78, 5) is 11.0. The molecule has 0 fully saturated rings. The standard InChI is InChI=1S/C14H17N3O2/c1-2-3-9-19-13-6-4-5-12(10-13)11-16-17-14(18)7-8-15/h4-6,10-11H,2-3,7,9H2,1H3,(H,17,18). The fourth-order valence-corrected chi connectivity index (χ4v) is 1.31.